The molecule has 0 atom stereocenters. The quantitative estimate of drug-likeness (QED) is 0.518. The SMILES string of the molecule is O=C(O)COc1ccc(Br)cc1C=Nn1c(C2CCCCC2)nc2ccccc2c1=O. The van der Waals surface area contributed by atoms with Gasteiger partial charge in [-0.2, -0.15) is 9.78 Å². The molecular weight excluding hydrogens is 462 g/mol. The first-order valence-electron chi connectivity index (χ1n) is 10.2. The third kappa shape index (κ3) is 4.85. The largest absolute Gasteiger partial charge is 0.481 e. The van der Waals surface area contributed by atoms with E-state index < -0.39 is 12.6 Å². The van der Waals surface area contributed by atoms with E-state index in [0.29, 0.717) is 28.0 Å². The second-order valence-corrected chi connectivity index (χ2v) is 8.46. The molecule has 2 aromatic carbocycles. The lowest BCUT2D eigenvalue weighted by Crippen LogP contribution is -2.25. The molecule has 0 bridgehead atoms. The van der Waals surface area contributed by atoms with Crippen molar-refractivity contribution < 1.29 is 14.6 Å². The predicted molar refractivity (Wildman–Crippen MR) is 122 cm³/mol. The van der Waals surface area contributed by atoms with Gasteiger partial charge in [-0.25, -0.2) is 9.78 Å². The van der Waals surface area contributed by atoms with Crippen LogP contribution in [-0.4, -0.2) is 33.6 Å². The second-order valence-electron chi connectivity index (χ2n) is 7.55. The van der Waals surface area contributed by atoms with Crippen LogP contribution in [0.25, 0.3) is 10.9 Å². The summed E-state index contributed by atoms with van der Waals surface area (Å²) in [6.45, 7) is -0.465. The molecule has 0 radical (unpaired) electrons. The van der Waals surface area contributed by atoms with Crippen molar-refractivity contribution >= 4 is 39.0 Å². The van der Waals surface area contributed by atoms with E-state index in [1.807, 2.05) is 18.2 Å². The van der Waals surface area contributed by atoms with Gasteiger partial charge in [0.1, 0.15) is 11.6 Å². The highest BCUT2D eigenvalue weighted by molar-refractivity contribution is 9.10. The van der Waals surface area contributed by atoms with Gasteiger partial charge in [0.15, 0.2) is 6.61 Å². The summed E-state index contributed by atoms with van der Waals surface area (Å²) in [5, 5.41) is 13.9. The van der Waals surface area contributed by atoms with Crippen LogP contribution in [0.4, 0.5) is 0 Å². The minimum atomic E-state index is -1.07. The zero-order valence-corrected chi connectivity index (χ0v) is 18.4. The van der Waals surface area contributed by atoms with Crippen molar-refractivity contribution in [1.29, 1.82) is 0 Å². The molecule has 1 heterocycles. The number of ether oxygens (including phenoxy) is 1. The van der Waals surface area contributed by atoms with Crippen molar-refractivity contribution in [3.8, 4) is 5.75 Å². The number of aromatic nitrogens is 2. The third-order valence-electron chi connectivity index (χ3n) is 5.38. The average Bonchev–Trinajstić information content (AvgIpc) is 2.78. The maximum atomic E-state index is 13.3. The number of rotatable bonds is 6. The normalized spacial score (nSPS) is 14.9. The number of benzene rings is 2. The van der Waals surface area contributed by atoms with Crippen molar-refractivity contribution in [1.82, 2.24) is 9.66 Å². The van der Waals surface area contributed by atoms with Gasteiger partial charge >= 0.3 is 5.97 Å². The van der Waals surface area contributed by atoms with E-state index in [4.69, 9.17) is 14.8 Å². The van der Waals surface area contributed by atoms with Gasteiger partial charge in [-0.3, -0.25) is 4.79 Å². The molecule has 160 valence electrons. The van der Waals surface area contributed by atoms with E-state index in [2.05, 4.69) is 21.0 Å². The molecule has 0 unspecified atom stereocenters. The molecule has 1 aliphatic rings. The Labute approximate surface area is 187 Å². The van der Waals surface area contributed by atoms with Crippen molar-refractivity contribution in [3.05, 3.63) is 68.7 Å². The third-order valence-corrected chi connectivity index (χ3v) is 5.88. The summed E-state index contributed by atoms with van der Waals surface area (Å²) in [5.74, 6) is 0.145. The van der Waals surface area contributed by atoms with Gasteiger partial charge in [0.2, 0.25) is 0 Å². The summed E-state index contributed by atoms with van der Waals surface area (Å²) in [6, 6.07) is 12.5. The maximum Gasteiger partial charge on any atom is 0.341 e. The Hall–Kier alpha value is -3.00. The van der Waals surface area contributed by atoms with Crippen LogP contribution < -0.4 is 10.3 Å². The maximum absolute atomic E-state index is 13.3. The van der Waals surface area contributed by atoms with E-state index in [9.17, 15) is 9.59 Å². The molecule has 8 heteroatoms. The highest BCUT2D eigenvalue weighted by atomic mass is 79.9. The number of nitrogens with zero attached hydrogens (tertiary/aromatic N) is 3. The van der Waals surface area contributed by atoms with Crippen molar-refractivity contribution in [2.24, 2.45) is 5.10 Å². The van der Waals surface area contributed by atoms with Crippen LogP contribution in [0.1, 0.15) is 49.4 Å². The zero-order valence-electron chi connectivity index (χ0n) is 16.8. The van der Waals surface area contributed by atoms with E-state index in [0.717, 1.165) is 30.2 Å². The Balaban J connectivity index is 1.80. The minimum absolute atomic E-state index is 0.174. The molecular formula is C23H22BrN3O4. The van der Waals surface area contributed by atoms with Crippen LogP contribution in [0, 0.1) is 0 Å². The number of carboxylic acids is 1. The number of fused-ring (bicyclic) bond motifs is 1. The number of hydrogen-bond acceptors (Lipinski definition) is 5. The summed E-state index contributed by atoms with van der Waals surface area (Å²) in [7, 11) is 0. The van der Waals surface area contributed by atoms with Gasteiger partial charge in [0.25, 0.3) is 5.56 Å². The van der Waals surface area contributed by atoms with E-state index in [-0.39, 0.29) is 11.5 Å². The first-order chi connectivity index (χ1) is 15.0. The van der Waals surface area contributed by atoms with Crippen LogP contribution in [0.2, 0.25) is 0 Å². The van der Waals surface area contributed by atoms with Crippen LogP contribution in [0.5, 0.6) is 5.75 Å². The first-order valence-corrected chi connectivity index (χ1v) is 11.0. The van der Waals surface area contributed by atoms with E-state index in [1.165, 1.54) is 17.3 Å². The number of aliphatic carboxylic acids is 1. The van der Waals surface area contributed by atoms with Crippen molar-refractivity contribution in [2.45, 2.75) is 38.0 Å². The Morgan fingerprint density at radius 3 is 2.77 bits per heavy atom. The molecule has 1 fully saturated rings. The smallest absolute Gasteiger partial charge is 0.341 e. The topological polar surface area (TPSA) is 93.8 Å². The minimum Gasteiger partial charge on any atom is -0.481 e. The fourth-order valence-electron chi connectivity index (χ4n) is 3.89. The summed E-state index contributed by atoms with van der Waals surface area (Å²) in [4.78, 5) is 29.0. The fraction of sp³-hybridized carbons (Fsp3) is 0.304. The molecule has 0 spiro atoms. The van der Waals surface area contributed by atoms with Crippen molar-refractivity contribution in [2.75, 3.05) is 6.61 Å². The first kappa shape index (κ1) is 21.2. The Kier molecular flexibility index (Phi) is 6.46. The van der Waals surface area contributed by atoms with E-state index >= 15 is 0 Å². The number of para-hydroxylation sites is 1. The van der Waals surface area contributed by atoms with Crippen molar-refractivity contribution in [3.63, 3.8) is 0 Å². The average molecular weight is 484 g/mol. The number of halogens is 1. The summed E-state index contributed by atoms with van der Waals surface area (Å²) in [6.07, 6.45) is 6.88. The highest BCUT2D eigenvalue weighted by Gasteiger charge is 2.22. The molecule has 1 saturated carbocycles. The van der Waals surface area contributed by atoms with Gasteiger partial charge in [-0.1, -0.05) is 47.3 Å². The summed E-state index contributed by atoms with van der Waals surface area (Å²) >= 11 is 3.41. The Bertz CT molecular complexity index is 1200. The van der Waals surface area contributed by atoms with Crippen LogP contribution in [0.3, 0.4) is 0 Å². The van der Waals surface area contributed by atoms with Gasteiger partial charge in [-0.15, -0.1) is 0 Å². The molecule has 7 nitrogen and oxygen atoms in total. The Morgan fingerprint density at radius 2 is 2.00 bits per heavy atom. The van der Waals surface area contributed by atoms with Crippen LogP contribution in [-0.2, 0) is 4.79 Å². The van der Waals surface area contributed by atoms with Gasteiger partial charge in [-0.05, 0) is 43.2 Å². The highest BCUT2D eigenvalue weighted by Crippen LogP contribution is 2.32. The van der Waals surface area contributed by atoms with Gasteiger partial charge < -0.3 is 9.84 Å². The molecule has 1 aromatic heterocycles. The molecule has 3 aromatic rings. The predicted octanol–water partition coefficient (Wildman–Crippen LogP) is 4.55. The van der Waals surface area contributed by atoms with Crippen LogP contribution in [0.15, 0.2) is 56.8 Å². The molecule has 0 aliphatic heterocycles. The van der Waals surface area contributed by atoms with Crippen LogP contribution >= 0.6 is 15.9 Å². The lowest BCUT2D eigenvalue weighted by Gasteiger charge is -2.22. The summed E-state index contributed by atoms with van der Waals surface area (Å²) < 4.78 is 7.55. The van der Waals surface area contributed by atoms with Gasteiger partial charge in [0, 0.05) is 16.0 Å². The number of carbonyl (C=O) groups is 1. The van der Waals surface area contributed by atoms with E-state index in [1.54, 1.807) is 24.3 Å². The fourth-order valence-corrected chi connectivity index (χ4v) is 4.27. The lowest BCUT2D eigenvalue weighted by molar-refractivity contribution is -0.139. The van der Waals surface area contributed by atoms with Gasteiger partial charge in [0.05, 0.1) is 17.1 Å². The lowest BCUT2D eigenvalue weighted by atomic mass is 9.88. The number of hydrogen-bond donors (Lipinski definition) is 1. The molecule has 4 rings (SSSR count). The molecule has 0 amide bonds. The Morgan fingerprint density at radius 1 is 1.23 bits per heavy atom. The monoisotopic (exact) mass is 483 g/mol. The second kappa shape index (κ2) is 9.43. The zero-order chi connectivity index (χ0) is 21.8. The molecule has 0 saturated heterocycles. The summed E-state index contributed by atoms with van der Waals surface area (Å²) in [5.41, 5.74) is 1.02. The molecule has 1 N–H and O–H groups in total. The molecule has 31 heavy (non-hydrogen) atoms. The number of carboxylic acid groups (broad SMARTS) is 1. The standard InChI is InChI=1S/C23H22BrN3O4/c24-17-10-11-20(31-14-21(28)29)16(12-17)13-25-27-22(15-6-2-1-3-7-15)26-19-9-5-4-8-18(19)23(27)30/h4-5,8-13,15H,1-3,6-7,14H2,(H,28,29). The molecule has 1 aliphatic carbocycles.